The van der Waals surface area contributed by atoms with Crippen LogP contribution in [0.3, 0.4) is 0 Å². The maximum absolute atomic E-state index is 5.91. The van der Waals surface area contributed by atoms with Gasteiger partial charge in [-0.1, -0.05) is 56.6 Å². The second-order valence-electron chi connectivity index (χ2n) is 6.96. The molecule has 0 aromatic heterocycles. The molecule has 3 rings (SSSR count). The molecule has 0 bridgehead atoms. The molecule has 0 aliphatic rings. The molecule has 0 saturated heterocycles. The fourth-order valence-corrected chi connectivity index (χ4v) is 3.11. The minimum absolute atomic E-state index is 0.792. The maximum atomic E-state index is 5.91. The Morgan fingerprint density at radius 1 is 0.679 bits per heavy atom. The summed E-state index contributed by atoms with van der Waals surface area (Å²) >= 11 is 0. The topological polar surface area (TPSA) is 18.5 Å². The van der Waals surface area contributed by atoms with E-state index in [1.54, 1.807) is 7.11 Å². The molecule has 144 valence electrons. The zero-order valence-electron chi connectivity index (χ0n) is 16.8. The minimum Gasteiger partial charge on any atom is -0.497 e. The van der Waals surface area contributed by atoms with E-state index in [9.17, 15) is 0 Å². The highest BCUT2D eigenvalue weighted by atomic mass is 16.5. The molecule has 3 aromatic carbocycles. The van der Waals surface area contributed by atoms with E-state index in [0.29, 0.717) is 0 Å². The van der Waals surface area contributed by atoms with Crippen molar-refractivity contribution in [2.45, 2.75) is 39.0 Å². The van der Waals surface area contributed by atoms with Crippen LogP contribution in [-0.4, -0.2) is 13.7 Å². The van der Waals surface area contributed by atoms with Crippen molar-refractivity contribution >= 4 is 10.8 Å². The molecule has 2 nitrogen and oxygen atoms in total. The van der Waals surface area contributed by atoms with Gasteiger partial charge >= 0.3 is 0 Å². The molecule has 0 N–H and O–H groups in total. The second kappa shape index (κ2) is 10.4. The molecule has 0 saturated carbocycles. The highest BCUT2D eigenvalue weighted by Crippen LogP contribution is 2.22. The third-order valence-corrected chi connectivity index (χ3v) is 4.77. The van der Waals surface area contributed by atoms with E-state index in [4.69, 9.17) is 9.47 Å². The van der Waals surface area contributed by atoms with Gasteiger partial charge in [-0.2, -0.15) is 0 Å². The van der Waals surface area contributed by atoms with Gasteiger partial charge in [0.25, 0.3) is 0 Å². The molecule has 0 aliphatic heterocycles. The van der Waals surface area contributed by atoms with Crippen LogP contribution in [0.1, 0.15) is 50.2 Å². The van der Waals surface area contributed by atoms with Crippen LogP contribution in [0.4, 0.5) is 0 Å². The zero-order valence-corrected chi connectivity index (χ0v) is 16.8. The molecule has 0 atom stereocenters. The van der Waals surface area contributed by atoms with Gasteiger partial charge < -0.3 is 9.47 Å². The number of ether oxygens (including phenoxy) is 2. The molecule has 0 heterocycles. The summed E-state index contributed by atoms with van der Waals surface area (Å²) in [4.78, 5) is 0. The predicted molar refractivity (Wildman–Crippen MR) is 117 cm³/mol. The number of rotatable bonds is 8. The Balaban J connectivity index is 1.62. The van der Waals surface area contributed by atoms with Gasteiger partial charge in [0, 0.05) is 11.1 Å². The fraction of sp³-hybridized carbons (Fsp3) is 0.308. The van der Waals surface area contributed by atoms with Crippen molar-refractivity contribution in [2.75, 3.05) is 13.7 Å². The summed E-state index contributed by atoms with van der Waals surface area (Å²) in [5.41, 5.74) is 1.98. The van der Waals surface area contributed by atoms with Crippen LogP contribution in [0.25, 0.3) is 10.8 Å². The third kappa shape index (κ3) is 5.79. The summed E-state index contributed by atoms with van der Waals surface area (Å²) in [5.74, 6) is 8.24. The van der Waals surface area contributed by atoms with Crippen LogP contribution in [0.2, 0.25) is 0 Å². The zero-order chi connectivity index (χ0) is 19.6. The van der Waals surface area contributed by atoms with Crippen molar-refractivity contribution in [1.82, 2.24) is 0 Å². The van der Waals surface area contributed by atoms with Gasteiger partial charge in [-0.3, -0.25) is 0 Å². The first-order valence-corrected chi connectivity index (χ1v) is 10.1. The van der Waals surface area contributed by atoms with Crippen LogP contribution in [0.5, 0.6) is 11.5 Å². The highest BCUT2D eigenvalue weighted by Gasteiger charge is 1.99. The van der Waals surface area contributed by atoms with Crippen molar-refractivity contribution < 1.29 is 9.47 Å². The monoisotopic (exact) mass is 372 g/mol. The molecule has 28 heavy (non-hydrogen) atoms. The Labute approximate surface area is 168 Å². The lowest BCUT2D eigenvalue weighted by atomic mass is 10.1. The SMILES string of the molecule is CCCCCCCOc1ccc2cc(C#Cc3ccc(OC)cc3)ccc2c1. The number of benzene rings is 3. The van der Waals surface area contributed by atoms with E-state index in [-0.39, 0.29) is 0 Å². The average molecular weight is 373 g/mol. The standard InChI is InChI=1S/C26H28O2/c1-3-4-5-6-7-18-28-26-17-14-23-19-22(10-13-24(23)20-26)9-8-21-11-15-25(27-2)16-12-21/h10-17,19-20H,3-7,18H2,1-2H3. The molecule has 0 spiro atoms. The van der Waals surface area contributed by atoms with Crippen LogP contribution in [0, 0.1) is 11.8 Å². The Hall–Kier alpha value is -2.92. The number of fused-ring (bicyclic) bond motifs is 1. The van der Waals surface area contributed by atoms with Crippen molar-refractivity contribution in [1.29, 1.82) is 0 Å². The van der Waals surface area contributed by atoms with Gasteiger partial charge in [0.2, 0.25) is 0 Å². The second-order valence-corrected chi connectivity index (χ2v) is 6.96. The van der Waals surface area contributed by atoms with Gasteiger partial charge in [0.15, 0.2) is 0 Å². The Kier molecular flexibility index (Phi) is 7.38. The summed E-state index contributed by atoms with van der Waals surface area (Å²) in [6.45, 7) is 3.03. The van der Waals surface area contributed by atoms with E-state index < -0.39 is 0 Å². The van der Waals surface area contributed by atoms with Gasteiger partial charge in [0.05, 0.1) is 13.7 Å². The van der Waals surface area contributed by atoms with Gasteiger partial charge in [-0.25, -0.2) is 0 Å². The van der Waals surface area contributed by atoms with Crippen LogP contribution in [-0.2, 0) is 0 Å². The first kappa shape index (κ1) is 19.8. The minimum atomic E-state index is 0.792. The van der Waals surface area contributed by atoms with Crippen molar-refractivity contribution in [3.8, 4) is 23.3 Å². The quantitative estimate of drug-likeness (QED) is 0.328. The van der Waals surface area contributed by atoms with E-state index in [1.807, 2.05) is 24.3 Å². The molecule has 0 unspecified atom stereocenters. The molecular weight excluding hydrogens is 344 g/mol. The predicted octanol–water partition coefficient (Wildman–Crippen LogP) is 6.60. The summed E-state index contributed by atoms with van der Waals surface area (Å²) in [6, 6.07) is 20.4. The summed E-state index contributed by atoms with van der Waals surface area (Å²) < 4.78 is 11.1. The first-order chi connectivity index (χ1) is 13.8. The van der Waals surface area contributed by atoms with Crippen LogP contribution >= 0.6 is 0 Å². The lowest BCUT2D eigenvalue weighted by Gasteiger charge is -2.07. The largest absolute Gasteiger partial charge is 0.497 e. The molecule has 0 radical (unpaired) electrons. The molecule has 0 amide bonds. The number of methoxy groups -OCH3 is 1. The number of hydrogen-bond acceptors (Lipinski definition) is 2. The van der Waals surface area contributed by atoms with Gasteiger partial charge in [-0.05, 0) is 65.7 Å². The van der Waals surface area contributed by atoms with E-state index in [2.05, 4.69) is 55.2 Å². The summed E-state index contributed by atoms with van der Waals surface area (Å²) in [7, 11) is 1.67. The van der Waals surface area contributed by atoms with E-state index >= 15 is 0 Å². The highest BCUT2D eigenvalue weighted by molar-refractivity contribution is 5.85. The van der Waals surface area contributed by atoms with Crippen molar-refractivity contribution in [2.24, 2.45) is 0 Å². The molecule has 0 aliphatic carbocycles. The molecular formula is C26H28O2. The van der Waals surface area contributed by atoms with E-state index in [1.165, 1.54) is 36.5 Å². The van der Waals surface area contributed by atoms with Crippen molar-refractivity contribution in [3.05, 3.63) is 71.8 Å². The maximum Gasteiger partial charge on any atom is 0.119 e. The Morgan fingerprint density at radius 2 is 1.32 bits per heavy atom. The lowest BCUT2D eigenvalue weighted by molar-refractivity contribution is 0.305. The van der Waals surface area contributed by atoms with Crippen molar-refractivity contribution in [3.63, 3.8) is 0 Å². The Morgan fingerprint density at radius 3 is 2.11 bits per heavy atom. The first-order valence-electron chi connectivity index (χ1n) is 10.1. The van der Waals surface area contributed by atoms with Gasteiger partial charge in [0.1, 0.15) is 11.5 Å². The average Bonchev–Trinajstić information content (AvgIpc) is 2.75. The van der Waals surface area contributed by atoms with Crippen LogP contribution in [0.15, 0.2) is 60.7 Å². The van der Waals surface area contributed by atoms with E-state index in [0.717, 1.165) is 35.7 Å². The number of hydrogen-bond donors (Lipinski definition) is 0. The molecule has 3 aromatic rings. The number of unbranched alkanes of at least 4 members (excludes halogenated alkanes) is 4. The smallest absolute Gasteiger partial charge is 0.119 e. The molecule has 0 fully saturated rings. The van der Waals surface area contributed by atoms with Gasteiger partial charge in [-0.15, -0.1) is 0 Å². The summed E-state index contributed by atoms with van der Waals surface area (Å²) in [6.07, 6.45) is 6.27. The summed E-state index contributed by atoms with van der Waals surface area (Å²) in [5, 5.41) is 2.36. The molecule has 2 heteroatoms. The normalized spacial score (nSPS) is 10.4. The Bertz CT molecular complexity index is 946. The lowest BCUT2D eigenvalue weighted by Crippen LogP contribution is -1.97. The fourth-order valence-electron chi connectivity index (χ4n) is 3.11. The van der Waals surface area contributed by atoms with Crippen LogP contribution < -0.4 is 9.47 Å². The third-order valence-electron chi connectivity index (χ3n) is 4.77.